The lowest BCUT2D eigenvalue weighted by molar-refractivity contribution is 0.472. The first-order chi connectivity index (χ1) is 10.2. The van der Waals surface area contributed by atoms with Crippen LogP contribution in [0.1, 0.15) is 12.8 Å². The van der Waals surface area contributed by atoms with Gasteiger partial charge >= 0.3 is 5.69 Å². The molecule has 2 heterocycles. The molecule has 9 nitrogen and oxygen atoms in total. The zero-order valence-corrected chi connectivity index (χ0v) is 11.5. The highest BCUT2D eigenvalue weighted by Crippen LogP contribution is 2.30. The Morgan fingerprint density at radius 1 is 1.29 bits per heavy atom. The van der Waals surface area contributed by atoms with Gasteiger partial charge < -0.3 is 5.43 Å². The average molecular weight is 291 g/mol. The summed E-state index contributed by atoms with van der Waals surface area (Å²) in [5.74, 6) is 6.26. The number of nitrogens with one attached hydrogen (secondary N) is 1. The summed E-state index contributed by atoms with van der Waals surface area (Å²) >= 11 is 0. The third-order valence-electron chi connectivity index (χ3n) is 3.59. The highest BCUT2D eigenvalue weighted by Gasteiger charge is 2.24. The Bertz CT molecular complexity index is 727. The Kier molecular flexibility index (Phi) is 3.57. The van der Waals surface area contributed by atoms with E-state index in [1.54, 1.807) is 17.1 Å². The predicted octanol–water partition coefficient (Wildman–Crippen LogP) is -1.00. The number of aromatic nitrogens is 5. The maximum atomic E-state index is 12.5. The zero-order valence-electron chi connectivity index (χ0n) is 11.5. The van der Waals surface area contributed by atoms with Crippen molar-refractivity contribution in [1.82, 2.24) is 24.1 Å². The summed E-state index contributed by atoms with van der Waals surface area (Å²) in [7, 11) is 0. The van der Waals surface area contributed by atoms with Gasteiger partial charge in [0.05, 0.1) is 19.3 Å². The second-order valence-electron chi connectivity index (χ2n) is 5.17. The minimum atomic E-state index is -0.375. The van der Waals surface area contributed by atoms with Crippen molar-refractivity contribution in [3.63, 3.8) is 0 Å². The van der Waals surface area contributed by atoms with Crippen molar-refractivity contribution >= 4 is 5.82 Å². The maximum Gasteiger partial charge on any atom is 0.332 e. The van der Waals surface area contributed by atoms with Crippen LogP contribution >= 0.6 is 0 Å². The molecule has 1 aliphatic rings. The molecule has 0 bridgehead atoms. The fraction of sp³-hybridized carbons (Fsp3) is 0.500. The molecular weight excluding hydrogens is 274 g/mol. The van der Waals surface area contributed by atoms with Gasteiger partial charge in [0.1, 0.15) is 5.82 Å². The third kappa shape index (κ3) is 2.87. The Balaban J connectivity index is 1.91. The largest absolute Gasteiger partial charge is 0.332 e. The first-order valence-electron chi connectivity index (χ1n) is 6.84. The molecule has 0 radical (unpaired) electrons. The lowest BCUT2D eigenvalue weighted by Gasteiger charge is -2.14. The number of nitrogens with two attached hydrogens (primary N) is 1. The van der Waals surface area contributed by atoms with E-state index in [1.165, 1.54) is 15.2 Å². The molecule has 0 unspecified atom stereocenters. The third-order valence-corrected chi connectivity index (χ3v) is 3.59. The monoisotopic (exact) mass is 291 g/mol. The molecule has 0 spiro atoms. The Hall–Kier alpha value is -2.42. The highest BCUT2D eigenvalue weighted by molar-refractivity contribution is 5.32. The van der Waals surface area contributed by atoms with Gasteiger partial charge in [0.25, 0.3) is 5.56 Å². The summed E-state index contributed by atoms with van der Waals surface area (Å²) in [5.41, 5.74) is 1.71. The second-order valence-corrected chi connectivity index (χ2v) is 5.17. The first kappa shape index (κ1) is 13.6. The fourth-order valence-electron chi connectivity index (χ4n) is 2.23. The van der Waals surface area contributed by atoms with Crippen molar-refractivity contribution in [2.45, 2.75) is 32.5 Å². The lowest BCUT2D eigenvalue weighted by Crippen LogP contribution is -2.42. The molecule has 9 heteroatoms. The first-order valence-corrected chi connectivity index (χ1v) is 6.84. The SMILES string of the molecule is NNc1cc(=O)n(CCn2ccnn2)c(=O)n1CC1CC1. The minimum Gasteiger partial charge on any atom is -0.310 e. The quantitative estimate of drug-likeness (QED) is 0.521. The molecular formula is C12H17N7O2. The molecule has 0 atom stereocenters. The van der Waals surface area contributed by atoms with Crippen molar-refractivity contribution in [2.75, 3.05) is 5.43 Å². The van der Waals surface area contributed by atoms with Crippen LogP contribution in [0.15, 0.2) is 28.0 Å². The number of nitrogens with zero attached hydrogens (tertiary/aromatic N) is 5. The Morgan fingerprint density at radius 2 is 2.10 bits per heavy atom. The zero-order chi connectivity index (χ0) is 14.8. The van der Waals surface area contributed by atoms with Gasteiger partial charge in [-0.15, -0.1) is 5.10 Å². The molecule has 3 N–H and O–H groups in total. The van der Waals surface area contributed by atoms with E-state index in [1.807, 2.05) is 0 Å². The average Bonchev–Trinajstić information content (AvgIpc) is 3.14. The van der Waals surface area contributed by atoms with Gasteiger partial charge in [0, 0.05) is 18.8 Å². The van der Waals surface area contributed by atoms with E-state index >= 15 is 0 Å². The fourth-order valence-corrected chi connectivity index (χ4v) is 2.23. The van der Waals surface area contributed by atoms with Gasteiger partial charge in [0.2, 0.25) is 0 Å². The molecule has 2 aromatic heterocycles. The molecule has 21 heavy (non-hydrogen) atoms. The summed E-state index contributed by atoms with van der Waals surface area (Å²) in [6, 6.07) is 1.35. The van der Waals surface area contributed by atoms with Crippen LogP contribution in [0.2, 0.25) is 0 Å². The number of anilines is 1. The Morgan fingerprint density at radius 3 is 2.71 bits per heavy atom. The standard InChI is InChI=1S/C12H17N7O2/c13-15-10-7-11(20)18(6-5-17-4-3-14-16-17)12(21)19(10)8-9-1-2-9/h3-4,7,9,15H,1-2,5-6,8,13H2. The van der Waals surface area contributed by atoms with E-state index in [-0.39, 0.29) is 17.8 Å². The van der Waals surface area contributed by atoms with Crippen LogP contribution in [0.3, 0.4) is 0 Å². The highest BCUT2D eigenvalue weighted by atomic mass is 16.2. The van der Waals surface area contributed by atoms with Gasteiger partial charge in [-0.1, -0.05) is 5.21 Å². The summed E-state index contributed by atoms with van der Waals surface area (Å²) in [6.07, 6.45) is 5.45. The van der Waals surface area contributed by atoms with E-state index in [9.17, 15) is 9.59 Å². The van der Waals surface area contributed by atoms with E-state index in [0.29, 0.717) is 24.8 Å². The van der Waals surface area contributed by atoms with Crippen molar-refractivity contribution in [2.24, 2.45) is 11.8 Å². The molecule has 0 amide bonds. The lowest BCUT2D eigenvalue weighted by atomic mass is 10.4. The molecule has 1 saturated carbocycles. The minimum absolute atomic E-state index is 0.247. The molecule has 112 valence electrons. The van der Waals surface area contributed by atoms with E-state index in [0.717, 1.165) is 12.8 Å². The van der Waals surface area contributed by atoms with Crippen LogP contribution in [0.4, 0.5) is 5.82 Å². The molecule has 0 saturated heterocycles. The van der Waals surface area contributed by atoms with Gasteiger partial charge in [0.15, 0.2) is 0 Å². The topological polar surface area (TPSA) is 113 Å². The number of rotatable bonds is 6. The number of nitrogen functional groups attached to an aromatic ring is 1. The summed E-state index contributed by atoms with van der Waals surface area (Å²) < 4.78 is 4.30. The number of hydrogen-bond acceptors (Lipinski definition) is 6. The van der Waals surface area contributed by atoms with Gasteiger partial charge in [-0.25, -0.2) is 10.6 Å². The van der Waals surface area contributed by atoms with Crippen molar-refractivity contribution < 1.29 is 0 Å². The number of aryl methyl sites for hydroxylation is 1. The van der Waals surface area contributed by atoms with Gasteiger partial charge in [-0.2, -0.15) is 0 Å². The molecule has 3 rings (SSSR count). The second kappa shape index (κ2) is 5.52. The predicted molar refractivity (Wildman–Crippen MR) is 75.5 cm³/mol. The van der Waals surface area contributed by atoms with Crippen LogP contribution < -0.4 is 22.5 Å². The molecule has 0 aromatic carbocycles. The molecule has 1 aliphatic carbocycles. The summed E-state index contributed by atoms with van der Waals surface area (Å²) in [5, 5.41) is 7.50. The number of hydrogen-bond donors (Lipinski definition) is 2. The van der Waals surface area contributed by atoms with Crippen molar-refractivity contribution in [1.29, 1.82) is 0 Å². The van der Waals surface area contributed by atoms with E-state index < -0.39 is 0 Å². The number of hydrazine groups is 1. The van der Waals surface area contributed by atoms with Gasteiger partial charge in [-0.3, -0.25) is 18.6 Å². The normalized spacial score (nSPS) is 14.3. The van der Waals surface area contributed by atoms with Crippen LogP contribution in [0.5, 0.6) is 0 Å². The smallest absolute Gasteiger partial charge is 0.310 e. The molecule has 1 fully saturated rings. The maximum absolute atomic E-state index is 12.5. The van der Waals surface area contributed by atoms with E-state index in [2.05, 4.69) is 15.7 Å². The molecule has 0 aliphatic heterocycles. The van der Waals surface area contributed by atoms with Crippen molar-refractivity contribution in [3.05, 3.63) is 39.3 Å². The van der Waals surface area contributed by atoms with Gasteiger partial charge in [-0.05, 0) is 18.8 Å². The van der Waals surface area contributed by atoms with Crippen LogP contribution in [-0.4, -0.2) is 24.1 Å². The van der Waals surface area contributed by atoms with E-state index in [4.69, 9.17) is 5.84 Å². The van der Waals surface area contributed by atoms with Crippen molar-refractivity contribution in [3.8, 4) is 0 Å². The molecule has 2 aromatic rings. The van der Waals surface area contributed by atoms with Crippen LogP contribution in [0.25, 0.3) is 0 Å². The summed E-state index contributed by atoms with van der Waals surface area (Å²) in [6.45, 7) is 1.24. The Labute approximate surface area is 120 Å². The van der Waals surface area contributed by atoms with Crippen LogP contribution in [0, 0.1) is 5.92 Å². The van der Waals surface area contributed by atoms with Crippen LogP contribution in [-0.2, 0) is 19.6 Å². The summed E-state index contributed by atoms with van der Waals surface area (Å²) in [4.78, 5) is 24.5.